The zero-order valence-corrected chi connectivity index (χ0v) is 23.3. The summed E-state index contributed by atoms with van der Waals surface area (Å²) in [5.41, 5.74) is 0.582. The third-order valence-corrected chi connectivity index (χ3v) is 7.41. The highest BCUT2D eigenvalue weighted by Gasteiger charge is 2.47. The van der Waals surface area contributed by atoms with E-state index in [1.165, 1.54) is 26.4 Å². The molecule has 0 radical (unpaired) electrons. The van der Waals surface area contributed by atoms with E-state index in [9.17, 15) is 14.4 Å². The van der Waals surface area contributed by atoms with E-state index in [1.807, 2.05) is 45.0 Å². The first-order valence-corrected chi connectivity index (χ1v) is 12.9. The number of nitriles is 1. The molecular formula is C31H35FN2O5. The summed E-state index contributed by atoms with van der Waals surface area (Å²) >= 11 is 0. The van der Waals surface area contributed by atoms with Gasteiger partial charge in [-0.3, -0.25) is 0 Å². The van der Waals surface area contributed by atoms with Gasteiger partial charge in [-0.05, 0) is 56.7 Å². The molecule has 7 nitrogen and oxygen atoms in total. The van der Waals surface area contributed by atoms with E-state index in [1.54, 1.807) is 24.1 Å². The smallest absolute Gasteiger partial charge is 0.410 e. The molecule has 1 aliphatic rings. The third-order valence-electron chi connectivity index (χ3n) is 7.41. The topological polar surface area (TPSA) is 81.0 Å². The van der Waals surface area contributed by atoms with Crippen LogP contribution in [0.15, 0.2) is 48.5 Å². The van der Waals surface area contributed by atoms with E-state index >= 15 is 0 Å². The van der Waals surface area contributed by atoms with E-state index in [0.717, 1.165) is 16.3 Å². The Morgan fingerprint density at radius 1 is 0.974 bits per heavy atom. The Labute approximate surface area is 229 Å². The van der Waals surface area contributed by atoms with Gasteiger partial charge in [0.05, 0.1) is 20.3 Å². The monoisotopic (exact) mass is 534 g/mol. The molecule has 1 fully saturated rings. The minimum Gasteiger partial charge on any atom is -0.495 e. The molecule has 206 valence electrons. The number of carbonyl (C=O) groups is 1. The summed E-state index contributed by atoms with van der Waals surface area (Å²) in [6.07, 6.45) is 0.0637. The highest BCUT2D eigenvalue weighted by atomic mass is 19.1. The number of likely N-dealkylation sites (tertiary alicyclic amines) is 1. The summed E-state index contributed by atoms with van der Waals surface area (Å²) < 4.78 is 37.5. The molecule has 4 rings (SSSR count). The highest BCUT2D eigenvalue weighted by molar-refractivity contribution is 5.96. The first-order chi connectivity index (χ1) is 18.6. The molecule has 3 aromatic carbocycles. The van der Waals surface area contributed by atoms with Gasteiger partial charge in [0.15, 0.2) is 0 Å². The van der Waals surface area contributed by atoms with Gasteiger partial charge in [0.2, 0.25) is 0 Å². The first kappa shape index (κ1) is 28.2. The molecule has 1 heterocycles. The van der Waals surface area contributed by atoms with Crippen LogP contribution in [0.4, 0.5) is 9.18 Å². The van der Waals surface area contributed by atoms with Crippen molar-refractivity contribution in [3.8, 4) is 17.6 Å². The summed E-state index contributed by atoms with van der Waals surface area (Å²) in [4.78, 5) is 14.6. The molecule has 3 aromatic rings. The molecule has 1 unspecified atom stereocenters. The minimum atomic E-state index is -0.668. The Hall–Kier alpha value is -3.83. The van der Waals surface area contributed by atoms with Crippen molar-refractivity contribution in [3.05, 3.63) is 71.0 Å². The molecule has 0 N–H and O–H groups in total. The van der Waals surface area contributed by atoms with E-state index in [4.69, 9.17) is 18.9 Å². The quantitative estimate of drug-likeness (QED) is 0.358. The zero-order chi connectivity index (χ0) is 28.4. The number of halogens is 1. The third kappa shape index (κ3) is 5.24. The lowest BCUT2D eigenvalue weighted by Gasteiger charge is -2.47. The number of ether oxygens (including phenoxy) is 4. The molecule has 0 spiro atoms. The summed E-state index contributed by atoms with van der Waals surface area (Å²) in [6, 6.07) is 16.3. The maximum absolute atomic E-state index is 14.0. The second-order valence-electron chi connectivity index (χ2n) is 10.8. The lowest BCUT2D eigenvalue weighted by Crippen LogP contribution is -2.49. The number of benzene rings is 3. The van der Waals surface area contributed by atoms with Crippen molar-refractivity contribution in [1.82, 2.24) is 4.90 Å². The number of carbonyl (C=O) groups excluding carboxylic acids is 1. The fourth-order valence-corrected chi connectivity index (χ4v) is 5.72. The largest absolute Gasteiger partial charge is 0.495 e. The molecule has 1 saturated heterocycles. The van der Waals surface area contributed by atoms with Gasteiger partial charge < -0.3 is 23.8 Å². The van der Waals surface area contributed by atoms with E-state index in [0.29, 0.717) is 43.0 Å². The maximum atomic E-state index is 14.0. The van der Waals surface area contributed by atoms with Crippen LogP contribution < -0.4 is 9.47 Å². The second kappa shape index (κ2) is 11.1. The van der Waals surface area contributed by atoms with Crippen LogP contribution in [0.25, 0.3) is 10.8 Å². The molecule has 0 saturated carbocycles. The van der Waals surface area contributed by atoms with Gasteiger partial charge in [0, 0.05) is 36.6 Å². The normalized spacial score (nSPS) is 15.9. The van der Waals surface area contributed by atoms with Crippen molar-refractivity contribution in [2.75, 3.05) is 34.4 Å². The lowest BCUT2D eigenvalue weighted by atomic mass is 9.66. The molecule has 39 heavy (non-hydrogen) atoms. The molecule has 0 bridgehead atoms. The standard InChI is InChI=1S/C31H35FN2O5/c1-30(2,3)39-29(35)34-17-15-31(16-18-34,20-11-13-21(32)14-12-20)28(38-6)25-22-9-7-8-10-23(22)26(36-4)24(19-33)27(25)37-5/h7-14,28H,15-18H2,1-6H3. The predicted octanol–water partition coefficient (Wildman–Crippen LogP) is 6.52. The summed E-state index contributed by atoms with van der Waals surface area (Å²) in [5.74, 6) is 0.461. The van der Waals surface area contributed by atoms with E-state index in [2.05, 4.69) is 6.07 Å². The van der Waals surface area contributed by atoms with Crippen LogP contribution in [0.1, 0.15) is 56.4 Å². The number of nitrogens with zero attached hydrogens (tertiary/aromatic N) is 2. The first-order valence-electron chi connectivity index (χ1n) is 12.9. The molecule has 1 atom stereocenters. The predicted molar refractivity (Wildman–Crippen MR) is 147 cm³/mol. The Bertz CT molecular complexity index is 1380. The summed E-state index contributed by atoms with van der Waals surface area (Å²) in [6.45, 7) is 6.34. The van der Waals surface area contributed by atoms with Gasteiger partial charge in [0.1, 0.15) is 34.5 Å². The number of rotatable bonds is 6. The molecule has 1 aliphatic heterocycles. The fourth-order valence-electron chi connectivity index (χ4n) is 5.72. The van der Waals surface area contributed by atoms with E-state index < -0.39 is 17.1 Å². The Kier molecular flexibility index (Phi) is 8.03. The summed E-state index contributed by atoms with van der Waals surface area (Å²) in [7, 11) is 4.68. The van der Waals surface area contributed by atoms with E-state index in [-0.39, 0.29) is 17.5 Å². The van der Waals surface area contributed by atoms with Crippen molar-refractivity contribution in [2.45, 2.75) is 50.7 Å². The van der Waals surface area contributed by atoms with Crippen LogP contribution in [-0.2, 0) is 14.9 Å². The number of piperidine rings is 1. The van der Waals surface area contributed by atoms with Gasteiger partial charge in [0.25, 0.3) is 0 Å². The maximum Gasteiger partial charge on any atom is 0.410 e. The molecule has 0 aromatic heterocycles. The van der Waals surface area contributed by atoms with Crippen molar-refractivity contribution >= 4 is 16.9 Å². The lowest BCUT2D eigenvalue weighted by molar-refractivity contribution is -0.0177. The minimum absolute atomic E-state index is 0.274. The molecule has 1 amide bonds. The average molecular weight is 535 g/mol. The fraction of sp³-hybridized carbons (Fsp3) is 0.419. The van der Waals surface area contributed by atoms with Crippen molar-refractivity contribution in [1.29, 1.82) is 5.26 Å². The number of fused-ring (bicyclic) bond motifs is 1. The number of methoxy groups -OCH3 is 3. The number of amides is 1. The van der Waals surface area contributed by atoms with Gasteiger partial charge in [-0.15, -0.1) is 0 Å². The zero-order valence-electron chi connectivity index (χ0n) is 23.3. The van der Waals surface area contributed by atoms with Gasteiger partial charge in [-0.1, -0.05) is 36.4 Å². The number of hydrogen-bond acceptors (Lipinski definition) is 6. The number of hydrogen-bond donors (Lipinski definition) is 0. The Morgan fingerprint density at radius 2 is 1.56 bits per heavy atom. The van der Waals surface area contributed by atoms with Crippen LogP contribution >= 0.6 is 0 Å². The Morgan fingerprint density at radius 3 is 2.08 bits per heavy atom. The van der Waals surface area contributed by atoms with Gasteiger partial charge in [-0.25, -0.2) is 9.18 Å². The second-order valence-corrected chi connectivity index (χ2v) is 10.8. The molecule has 0 aliphatic carbocycles. The van der Waals surface area contributed by atoms with Crippen LogP contribution in [0.5, 0.6) is 11.5 Å². The van der Waals surface area contributed by atoms with Gasteiger partial charge in [-0.2, -0.15) is 5.26 Å². The molecular weight excluding hydrogens is 499 g/mol. The van der Waals surface area contributed by atoms with Crippen LogP contribution in [0.2, 0.25) is 0 Å². The molecule has 8 heteroatoms. The van der Waals surface area contributed by atoms with Crippen LogP contribution in [0.3, 0.4) is 0 Å². The van der Waals surface area contributed by atoms with Crippen LogP contribution in [-0.4, -0.2) is 51.0 Å². The van der Waals surface area contributed by atoms with Gasteiger partial charge >= 0.3 is 6.09 Å². The summed E-state index contributed by atoms with van der Waals surface area (Å²) in [5, 5.41) is 11.7. The Balaban J connectivity index is 1.92. The van der Waals surface area contributed by atoms with Crippen molar-refractivity contribution in [3.63, 3.8) is 0 Å². The van der Waals surface area contributed by atoms with Crippen LogP contribution in [0, 0.1) is 17.1 Å². The average Bonchev–Trinajstić information content (AvgIpc) is 2.92. The van der Waals surface area contributed by atoms with Crippen molar-refractivity contribution in [2.24, 2.45) is 0 Å². The SMILES string of the molecule is COc1c(C#N)c(OC)c2ccccc2c1C(OC)C1(c2ccc(F)cc2)CCN(C(=O)OC(C)(C)C)CC1. The highest BCUT2D eigenvalue weighted by Crippen LogP contribution is 2.53. The van der Waals surface area contributed by atoms with Crippen molar-refractivity contribution < 1.29 is 28.1 Å².